The van der Waals surface area contributed by atoms with Crippen molar-refractivity contribution in [1.29, 1.82) is 0 Å². The molecule has 2 atom stereocenters. The first-order chi connectivity index (χ1) is 11.0. The Kier molecular flexibility index (Phi) is 4.96. The highest BCUT2D eigenvalue weighted by Crippen LogP contribution is 2.19. The van der Waals surface area contributed by atoms with Crippen LogP contribution in [-0.2, 0) is 16.1 Å². The van der Waals surface area contributed by atoms with Gasteiger partial charge in [0.2, 0.25) is 5.91 Å². The molecule has 2 aliphatic rings. The minimum atomic E-state index is 0.142. The molecule has 0 saturated carbocycles. The van der Waals surface area contributed by atoms with Gasteiger partial charge in [-0.25, -0.2) is 9.67 Å². The fourth-order valence-electron chi connectivity index (χ4n) is 3.56. The number of aromatic nitrogens is 3. The Morgan fingerprint density at radius 1 is 1.35 bits per heavy atom. The zero-order valence-corrected chi connectivity index (χ0v) is 14.4. The van der Waals surface area contributed by atoms with Crippen LogP contribution in [0.4, 0.5) is 0 Å². The first-order valence-electron chi connectivity index (χ1n) is 8.54. The van der Waals surface area contributed by atoms with E-state index in [-0.39, 0.29) is 12.0 Å². The van der Waals surface area contributed by atoms with Gasteiger partial charge in [-0.3, -0.25) is 9.69 Å². The summed E-state index contributed by atoms with van der Waals surface area (Å²) in [6.45, 7) is 10.3. The maximum absolute atomic E-state index is 12.6. The molecule has 2 saturated heterocycles. The highest BCUT2D eigenvalue weighted by molar-refractivity contribution is 5.78. The number of carbonyl (C=O) groups excluding carboxylic acids is 1. The van der Waals surface area contributed by atoms with Crippen molar-refractivity contribution in [3.8, 4) is 0 Å². The summed E-state index contributed by atoms with van der Waals surface area (Å²) in [6, 6.07) is 0.372. The average Bonchev–Trinajstić information content (AvgIpc) is 3.06. The molecule has 0 radical (unpaired) electrons. The fraction of sp³-hybridized carbons (Fsp3) is 0.812. The van der Waals surface area contributed by atoms with Gasteiger partial charge in [0.15, 0.2) is 0 Å². The summed E-state index contributed by atoms with van der Waals surface area (Å²) in [4.78, 5) is 21.2. The van der Waals surface area contributed by atoms with Crippen LogP contribution in [0.15, 0.2) is 0 Å². The number of aryl methyl sites for hydroxylation is 2. The number of morpholine rings is 1. The molecule has 2 fully saturated rings. The number of hydrogen-bond donors (Lipinski definition) is 0. The van der Waals surface area contributed by atoms with E-state index in [0.717, 1.165) is 37.6 Å². The van der Waals surface area contributed by atoms with Gasteiger partial charge in [-0.2, -0.15) is 5.10 Å². The summed E-state index contributed by atoms with van der Waals surface area (Å²) in [7, 11) is 0. The summed E-state index contributed by atoms with van der Waals surface area (Å²) in [5.41, 5.74) is 0. The van der Waals surface area contributed by atoms with E-state index in [0.29, 0.717) is 32.3 Å². The standard InChI is InChI=1S/C16H27N5O2/c1-12-9-20(7-8-23-12)16(22)11-19-6-4-5-15(19)10-21-14(3)17-13(2)18-21/h12,15H,4-11H2,1-3H3/t12-,15+/m1/s1. The lowest BCUT2D eigenvalue weighted by Crippen LogP contribution is -2.49. The third-order valence-corrected chi connectivity index (χ3v) is 4.78. The largest absolute Gasteiger partial charge is 0.375 e. The molecule has 0 bridgehead atoms. The van der Waals surface area contributed by atoms with Crippen molar-refractivity contribution in [3.05, 3.63) is 11.6 Å². The van der Waals surface area contributed by atoms with Crippen LogP contribution in [0.1, 0.15) is 31.4 Å². The first-order valence-corrected chi connectivity index (χ1v) is 8.54. The molecule has 1 aromatic heterocycles. The van der Waals surface area contributed by atoms with Gasteiger partial charge in [0.1, 0.15) is 11.6 Å². The second-order valence-corrected chi connectivity index (χ2v) is 6.68. The van der Waals surface area contributed by atoms with E-state index in [1.807, 2.05) is 30.4 Å². The molecule has 0 aromatic carbocycles. The molecular weight excluding hydrogens is 294 g/mol. The zero-order valence-electron chi connectivity index (χ0n) is 14.4. The van der Waals surface area contributed by atoms with Crippen molar-refractivity contribution in [2.75, 3.05) is 32.8 Å². The number of rotatable bonds is 4. The van der Waals surface area contributed by atoms with E-state index >= 15 is 0 Å². The molecule has 0 spiro atoms. The molecule has 1 amide bonds. The Labute approximate surface area is 137 Å². The van der Waals surface area contributed by atoms with Crippen molar-refractivity contribution >= 4 is 5.91 Å². The number of amides is 1. The van der Waals surface area contributed by atoms with Crippen LogP contribution < -0.4 is 0 Å². The Balaban J connectivity index is 1.58. The number of carbonyl (C=O) groups is 1. The van der Waals surface area contributed by atoms with E-state index in [9.17, 15) is 4.79 Å². The summed E-state index contributed by atoms with van der Waals surface area (Å²) >= 11 is 0. The lowest BCUT2D eigenvalue weighted by atomic mass is 10.2. The van der Waals surface area contributed by atoms with Crippen LogP contribution in [-0.4, -0.2) is 75.4 Å². The van der Waals surface area contributed by atoms with Gasteiger partial charge in [0.05, 0.1) is 25.8 Å². The van der Waals surface area contributed by atoms with Crippen LogP contribution in [0.2, 0.25) is 0 Å². The molecular formula is C16H27N5O2. The van der Waals surface area contributed by atoms with Crippen LogP contribution in [0.5, 0.6) is 0 Å². The van der Waals surface area contributed by atoms with Gasteiger partial charge in [0, 0.05) is 19.1 Å². The molecule has 3 rings (SSSR count). The third-order valence-electron chi connectivity index (χ3n) is 4.78. The maximum Gasteiger partial charge on any atom is 0.236 e. The van der Waals surface area contributed by atoms with Crippen molar-refractivity contribution in [2.45, 2.75) is 52.3 Å². The highest BCUT2D eigenvalue weighted by Gasteiger charge is 2.30. The Morgan fingerprint density at radius 2 is 2.17 bits per heavy atom. The van der Waals surface area contributed by atoms with Crippen molar-refractivity contribution < 1.29 is 9.53 Å². The topological polar surface area (TPSA) is 63.5 Å². The Morgan fingerprint density at radius 3 is 2.87 bits per heavy atom. The molecule has 0 N–H and O–H groups in total. The minimum absolute atomic E-state index is 0.142. The summed E-state index contributed by atoms with van der Waals surface area (Å²) in [6.07, 6.45) is 2.40. The Bertz CT molecular complexity index is 559. The zero-order chi connectivity index (χ0) is 16.4. The molecule has 2 aliphatic heterocycles. The molecule has 23 heavy (non-hydrogen) atoms. The third kappa shape index (κ3) is 3.90. The Hall–Kier alpha value is -1.47. The second kappa shape index (κ2) is 6.97. The molecule has 0 unspecified atom stereocenters. The van der Waals surface area contributed by atoms with E-state index in [2.05, 4.69) is 15.0 Å². The van der Waals surface area contributed by atoms with Crippen molar-refractivity contribution in [1.82, 2.24) is 24.6 Å². The van der Waals surface area contributed by atoms with Crippen LogP contribution in [0.3, 0.4) is 0 Å². The summed E-state index contributed by atoms with van der Waals surface area (Å²) in [5, 5.41) is 4.45. The van der Waals surface area contributed by atoms with Crippen molar-refractivity contribution in [2.24, 2.45) is 0 Å². The first kappa shape index (κ1) is 16.4. The van der Waals surface area contributed by atoms with Gasteiger partial charge >= 0.3 is 0 Å². The lowest BCUT2D eigenvalue weighted by molar-refractivity contribution is -0.139. The van der Waals surface area contributed by atoms with Gasteiger partial charge in [-0.1, -0.05) is 0 Å². The molecule has 128 valence electrons. The maximum atomic E-state index is 12.6. The van der Waals surface area contributed by atoms with E-state index in [1.54, 1.807) is 0 Å². The number of likely N-dealkylation sites (tertiary alicyclic amines) is 1. The molecule has 1 aromatic rings. The number of nitrogens with zero attached hydrogens (tertiary/aromatic N) is 5. The SMILES string of the molecule is Cc1nc(C)n(C[C@@H]2CCCN2CC(=O)N2CCO[C@H](C)C2)n1. The van der Waals surface area contributed by atoms with Crippen LogP contribution in [0.25, 0.3) is 0 Å². The molecule has 7 heteroatoms. The second-order valence-electron chi connectivity index (χ2n) is 6.68. The van der Waals surface area contributed by atoms with Gasteiger partial charge in [0.25, 0.3) is 0 Å². The monoisotopic (exact) mass is 321 g/mol. The van der Waals surface area contributed by atoms with Crippen LogP contribution in [0, 0.1) is 13.8 Å². The normalized spacial score (nSPS) is 26.0. The van der Waals surface area contributed by atoms with Gasteiger partial charge < -0.3 is 9.64 Å². The smallest absolute Gasteiger partial charge is 0.236 e. The molecule has 7 nitrogen and oxygen atoms in total. The lowest BCUT2D eigenvalue weighted by Gasteiger charge is -2.33. The minimum Gasteiger partial charge on any atom is -0.375 e. The molecule has 0 aliphatic carbocycles. The van der Waals surface area contributed by atoms with Crippen molar-refractivity contribution in [3.63, 3.8) is 0 Å². The van der Waals surface area contributed by atoms with E-state index in [1.165, 1.54) is 0 Å². The summed E-state index contributed by atoms with van der Waals surface area (Å²) < 4.78 is 7.49. The quantitative estimate of drug-likeness (QED) is 0.813. The van der Waals surface area contributed by atoms with Gasteiger partial charge in [-0.05, 0) is 40.2 Å². The number of hydrogen-bond acceptors (Lipinski definition) is 5. The molecule has 3 heterocycles. The highest BCUT2D eigenvalue weighted by atomic mass is 16.5. The fourth-order valence-corrected chi connectivity index (χ4v) is 3.56. The van der Waals surface area contributed by atoms with Crippen LogP contribution >= 0.6 is 0 Å². The van der Waals surface area contributed by atoms with Gasteiger partial charge in [-0.15, -0.1) is 0 Å². The predicted octanol–water partition coefficient (Wildman–Crippen LogP) is 0.607. The average molecular weight is 321 g/mol. The van der Waals surface area contributed by atoms with E-state index in [4.69, 9.17) is 4.74 Å². The predicted molar refractivity (Wildman–Crippen MR) is 86.1 cm³/mol. The van der Waals surface area contributed by atoms with E-state index < -0.39 is 0 Å². The number of ether oxygens (including phenoxy) is 1. The summed E-state index contributed by atoms with van der Waals surface area (Å²) in [5.74, 6) is 1.98.